The Bertz CT molecular complexity index is 6340. The van der Waals surface area contributed by atoms with Gasteiger partial charge < -0.3 is 60.6 Å². The number of carbonyl (C=O) groups is 4. The summed E-state index contributed by atoms with van der Waals surface area (Å²) in [6.45, 7) is 51.6. The number of phenols is 4. The number of halogens is 6. The maximum absolute atomic E-state index is 13.6. The first-order chi connectivity index (χ1) is 64.7. The molecule has 14 aromatic carbocycles. The van der Waals surface area contributed by atoms with Crippen molar-refractivity contribution in [3.05, 3.63) is 341 Å². The zero-order valence-electron chi connectivity index (χ0n) is 83.4. The van der Waals surface area contributed by atoms with Gasteiger partial charge in [0.2, 0.25) is 0 Å². The molecule has 4 amide bonds. The molecule has 728 valence electrons. The molecule has 0 aromatic heterocycles. The van der Waals surface area contributed by atoms with E-state index in [0.717, 1.165) is 117 Å². The molecular formula is C116H130I6N4O12. The van der Waals surface area contributed by atoms with Gasteiger partial charge in [-0.25, -0.2) is 0 Å². The summed E-state index contributed by atoms with van der Waals surface area (Å²) in [7, 11) is 0. The van der Waals surface area contributed by atoms with Gasteiger partial charge in [0.25, 0.3) is 23.6 Å². The lowest BCUT2D eigenvalue weighted by molar-refractivity contribution is 0.0923. The summed E-state index contributed by atoms with van der Waals surface area (Å²) in [5.41, 5.74) is 16.2. The monoisotopic (exact) mass is 2530 g/mol. The number of aryl methyl sites for hydroxylation is 8. The van der Waals surface area contributed by atoms with Crippen LogP contribution in [-0.2, 0) is 21.7 Å². The molecule has 0 heterocycles. The summed E-state index contributed by atoms with van der Waals surface area (Å²) < 4.78 is 30.4. The van der Waals surface area contributed by atoms with E-state index in [4.69, 9.17) is 34.3 Å². The van der Waals surface area contributed by atoms with Crippen LogP contribution in [0, 0.1) is 76.8 Å². The number of hydrogen-bond acceptors (Lipinski definition) is 12. The van der Waals surface area contributed by atoms with Crippen LogP contribution < -0.4 is 40.2 Å². The molecule has 0 saturated heterocycles. The molecule has 0 aliphatic heterocycles. The number of amides is 4. The summed E-state index contributed by atoms with van der Waals surface area (Å²) in [6, 6.07) is 75.1. The summed E-state index contributed by atoms with van der Waals surface area (Å²) in [5, 5.41) is 57.2. The topological polar surface area (TPSA) is 234 Å². The van der Waals surface area contributed by atoms with Crippen molar-refractivity contribution in [3.63, 3.8) is 0 Å². The molecule has 0 saturated carbocycles. The van der Waals surface area contributed by atoms with Crippen LogP contribution >= 0.6 is 136 Å². The number of rotatable bonds is 20. The fourth-order valence-electron chi connectivity index (χ4n) is 15.8. The number of aromatic hydroxyl groups is 4. The van der Waals surface area contributed by atoms with Crippen molar-refractivity contribution in [3.8, 4) is 46.0 Å². The van der Waals surface area contributed by atoms with E-state index in [0.29, 0.717) is 63.9 Å². The second-order valence-corrected chi connectivity index (χ2v) is 45.9. The van der Waals surface area contributed by atoms with Crippen molar-refractivity contribution in [1.29, 1.82) is 0 Å². The van der Waals surface area contributed by atoms with Gasteiger partial charge in [-0.1, -0.05) is 252 Å². The van der Waals surface area contributed by atoms with Crippen molar-refractivity contribution in [2.45, 2.75) is 212 Å². The van der Waals surface area contributed by atoms with Crippen LogP contribution in [0.1, 0.15) is 219 Å². The van der Waals surface area contributed by atoms with Crippen LogP contribution in [0.5, 0.6) is 46.0 Å². The van der Waals surface area contributed by atoms with Crippen molar-refractivity contribution in [2.24, 2.45) is 0 Å². The van der Waals surface area contributed by atoms with Crippen LogP contribution in [-0.4, -0.2) is 94.6 Å². The van der Waals surface area contributed by atoms with Crippen LogP contribution in [0.2, 0.25) is 0 Å². The van der Waals surface area contributed by atoms with Gasteiger partial charge in [0.1, 0.15) is 70.4 Å². The number of hydrogen-bond donors (Lipinski definition) is 8. The fraction of sp³-hybridized carbons (Fsp3) is 0.310. The molecule has 138 heavy (non-hydrogen) atoms. The molecule has 0 spiro atoms. The number of para-hydroxylation sites is 2. The molecule has 0 aliphatic carbocycles. The first-order valence-corrected chi connectivity index (χ1v) is 52.5. The average molecular weight is 2530 g/mol. The van der Waals surface area contributed by atoms with E-state index in [1.165, 1.54) is 33.4 Å². The van der Waals surface area contributed by atoms with Crippen molar-refractivity contribution >= 4 is 202 Å². The van der Waals surface area contributed by atoms with Crippen LogP contribution in [0.25, 0.3) is 43.1 Å². The highest BCUT2D eigenvalue weighted by Crippen LogP contribution is 2.42. The molecule has 0 radical (unpaired) electrons. The van der Waals surface area contributed by atoms with Gasteiger partial charge >= 0.3 is 0 Å². The molecule has 0 aliphatic rings. The minimum Gasteiger partial charge on any atom is -0.507 e. The van der Waals surface area contributed by atoms with Crippen molar-refractivity contribution in [2.75, 3.05) is 26.2 Å². The third kappa shape index (κ3) is 31.4. The molecule has 0 fully saturated rings. The number of fused-ring (bicyclic) bond motifs is 4. The summed E-state index contributed by atoms with van der Waals surface area (Å²) >= 11 is 13.1. The van der Waals surface area contributed by atoms with Crippen molar-refractivity contribution in [1.82, 2.24) is 21.3 Å². The van der Waals surface area contributed by atoms with E-state index in [9.17, 15) is 24.3 Å². The Hall–Kier alpha value is -9.22. The van der Waals surface area contributed by atoms with E-state index < -0.39 is 0 Å². The largest absolute Gasteiger partial charge is 0.507 e. The molecule has 14 rings (SSSR count). The fourth-order valence-corrected chi connectivity index (χ4v) is 19.9. The summed E-state index contributed by atoms with van der Waals surface area (Å²) in [5.74, 6) is 3.76. The highest BCUT2D eigenvalue weighted by molar-refractivity contribution is 14.1. The third-order valence-corrected chi connectivity index (χ3v) is 29.0. The maximum Gasteiger partial charge on any atom is 0.252 e. The number of nitrogens with one attached hydrogen (secondary N) is 4. The van der Waals surface area contributed by atoms with Gasteiger partial charge in [0.05, 0.1) is 58.7 Å². The van der Waals surface area contributed by atoms with Gasteiger partial charge in [-0.05, 0) is 412 Å². The molecule has 22 heteroatoms. The zero-order chi connectivity index (χ0) is 102. The molecule has 0 bridgehead atoms. The minimum absolute atomic E-state index is 0.0217. The Morgan fingerprint density at radius 2 is 0.551 bits per heavy atom. The van der Waals surface area contributed by atoms with E-state index >= 15 is 0 Å². The van der Waals surface area contributed by atoms with E-state index in [-0.39, 0.29) is 81.2 Å². The molecule has 14 aromatic rings. The van der Waals surface area contributed by atoms with E-state index in [1.54, 1.807) is 24.3 Å². The van der Waals surface area contributed by atoms with Gasteiger partial charge in [0, 0.05) is 11.1 Å². The predicted octanol–water partition coefficient (Wildman–Crippen LogP) is 29.6. The number of benzene rings is 14. The van der Waals surface area contributed by atoms with Gasteiger partial charge in [-0.3, -0.25) is 19.2 Å². The third-order valence-electron chi connectivity index (χ3n) is 22.8. The first-order valence-electron chi connectivity index (χ1n) is 46.0. The normalized spacial score (nSPS) is 12.2. The number of carbonyl (C=O) groups excluding carboxylic acids is 4. The van der Waals surface area contributed by atoms with Crippen LogP contribution in [0.4, 0.5) is 0 Å². The summed E-state index contributed by atoms with van der Waals surface area (Å²) in [6.07, 6.45) is -0.862. The highest BCUT2D eigenvalue weighted by Gasteiger charge is 2.29. The average Bonchev–Trinajstić information content (AvgIpc) is 0.771. The Balaban J connectivity index is 0.000000207. The second kappa shape index (κ2) is 49.9. The van der Waals surface area contributed by atoms with Gasteiger partial charge in [0.15, 0.2) is 0 Å². The smallest absolute Gasteiger partial charge is 0.252 e. The predicted molar refractivity (Wildman–Crippen MR) is 620 cm³/mol. The van der Waals surface area contributed by atoms with Gasteiger partial charge in [-0.2, -0.15) is 0 Å². The Labute approximate surface area is 897 Å². The zero-order valence-corrected chi connectivity index (χ0v) is 96.3. The lowest BCUT2D eigenvalue weighted by Gasteiger charge is -2.28. The second-order valence-electron chi connectivity index (χ2n) is 39.3. The quantitative estimate of drug-likeness (QED) is 0.0263. The lowest BCUT2D eigenvalue weighted by atomic mass is 9.80. The van der Waals surface area contributed by atoms with Crippen molar-refractivity contribution < 1.29 is 58.6 Å². The van der Waals surface area contributed by atoms with E-state index in [2.05, 4.69) is 267 Å². The van der Waals surface area contributed by atoms with Crippen LogP contribution in [0.3, 0.4) is 0 Å². The van der Waals surface area contributed by atoms with E-state index in [1.807, 2.05) is 263 Å². The SMILES string of the molecule is CC(C)(C)c1cc(O)c(I)c(C(C)(C)C)c1.Cc1cc(C)c(C(=O)NC[C@H](C)Oc2cc(C(C)(C)C)cc(C(C)(C)C)c2I)c(C)c1.Cc1cc(C)c(C(=O)NC[C@H](C)Oc2ccccc2I)c(C)c1.Cc1cc(O)c(I)c(O)c1.Cc1cc(O[C@@H](C)CNC(=O)c2c3ccccc3cc3ccccc23)c(I)c(O[C@@H](C)CNC(=O)c2c3ccccc3cc3ccccc23)c1.Oc1ccccc1I. The molecule has 4 atom stereocenters. The number of ether oxygens (including phenoxy) is 4. The molecule has 8 N–H and O–H groups in total. The number of phenolic OH excluding ortho intramolecular Hbond substituents is 4. The Morgan fingerprint density at radius 3 is 0.877 bits per heavy atom. The molecular weight excluding hydrogens is 2400 g/mol. The summed E-state index contributed by atoms with van der Waals surface area (Å²) in [4.78, 5) is 52.6. The first kappa shape index (κ1) is 112. The van der Waals surface area contributed by atoms with Gasteiger partial charge in [-0.15, -0.1) is 0 Å². The Morgan fingerprint density at radius 1 is 0.275 bits per heavy atom. The Kier molecular flexibility index (Phi) is 40.7. The lowest BCUT2D eigenvalue weighted by Crippen LogP contribution is -2.34. The molecule has 16 nitrogen and oxygen atoms in total. The van der Waals surface area contributed by atoms with Crippen LogP contribution in [0.15, 0.2) is 231 Å². The highest BCUT2D eigenvalue weighted by atomic mass is 127. The molecule has 0 unspecified atom stereocenters. The minimum atomic E-state index is -0.310. The maximum atomic E-state index is 13.6. The standard InChI is InChI=1S/C43H37IN2O4.C27H38INO2.C19H22INO2.C14H21IO.C7H7IO2.C6H5IO/c1-26-20-37(49-27(2)24-45-42(47)39-33-16-8-4-12-29(33)22-30-13-5-9-17-34(30)39)41(44)38(21-26)50-28(3)25-46-43(48)40-35-18-10-6-14-31(35)23-32-15-7-11-19-36(32)40;1-16-11-17(2)23(18(3)12-16)25(30)29-15-19(4)31-22-14-20(26(5,6)7)13-21(24(22)28)27(8,9)10;1-12-9-13(2)18(14(3)10-12)19(22)21-11-15(4)23-17-8-6-5-7-16(17)20;1-13(2,3)9-7-10(14(4,5)6)12(15)11(16)8-9;1-4-2-5(9)7(8)6(10)3-4;7-5-3-1-2-4-6(5)8/h4-23,27-28H,24-25H2,1-3H3,(H,45,47)(H,46,48);11-14,19H,15H2,1-10H3,(H,29,30);5-10,15H,11H2,1-4H3,(H,21,22);7-8,16H,1-6H3;2-3,9-10H,1H3;1-4,8H/t27-,28-;19-;15-;;;/m000.../s1.